The molecule has 1 fully saturated rings. The number of carbonyl (C=O) groups excluding carboxylic acids is 1. The third-order valence-corrected chi connectivity index (χ3v) is 2.91. The van der Waals surface area contributed by atoms with Crippen LogP contribution < -0.4 is 10.6 Å². The molecule has 5 nitrogen and oxygen atoms in total. The number of amides is 1. The number of pyridine rings is 1. The van der Waals surface area contributed by atoms with E-state index in [9.17, 15) is 4.79 Å². The zero-order valence-corrected chi connectivity index (χ0v) is 9.18. The van der Waals surface area contributed by atoms with Gasteiger partial charge in [0.05, 0.1) is 5.69 Å². The highest BCUT2D eigenvalue weighted by Crippen LogP contribution is 2.29. The first-order chi connectivity index (χ1) is 7.63. The third-order valence-electron chi connectivity index (χ3n) is 2.91. The molecule has 1 aromatic heterocycles. The monoisotopic (exact) mass is 221 g/mol. The standard InChI is InChI=1S/C11H15N3O2/c1-7-2-3-13-11(10(7)12)14-5-8(6-15)4-9(14)16/h2-3,8,15H,4-6,12H2,1H3. The summed E-state index contributed by atoms with van der Waals surface area (Å²) in [6.07, 6.45) is 2.01. The average Bonchev–Trinajstić information content (AvgIpc) is 2.64. The second kappa shape index (κ2) is 4.09. The van der Waals surface area contributed by atoms with Gasteiger partial charge in [-0.1, -0.05) is 0 Å². The summed E-state index contributed by atoms with van der Waals surface area (Å²) < 4.78 is 0. The molecule has 0 spiro atoms. The number of aromatic nitrogens is 1. The van der Waals surface area contributed by atoms with Crippen LogP contribution in [0.5, 0.6) is 0 Å². The van der Waals surface area contributed by atoms with Crippen LogP contribution in [0.15, 0.2) is 12.3 Å². The number of aliphatic hydroxyl groups is 1. The molecule has 1 amide bonds. The van der Waals surface area contributed by atoms with E-state index < -0.39 is 0 Å². The van der Waals surface area contributed by atoms with Crippen LogP contribution in [0.25, 0.3) is 0 Å². The highest BCUT2D eigenvalue weighted by Gasteiger charge is 2.31. The molecule has 1 unspecified atom stereocenters. The van der Waals surface area contributed by atoms with Crippen molar-refractivity contribution in [2.24, 2.45) is 5.92 Å². The van der Waals surface area contributed by atoms with Gasteiger partial charge in [-0.3, -0.25) is 9.69 Å². The summed E-state index contributed by atoms with van der Waals surface area (Å²) in [6.45, 7) is 2.40. The largest absolute Gasteiger partial charge is 0.396 e. The molecule has 2 rings (SSSR count). The summed E-state index contributed by atoms with van der Waals surface area (Å²) in [5, 5.41) is 9.04. The van der Waals surface area contributed by atoms with Crippen molar-refractivity contribution in [2.45, 2.75) is 13.3 Å². The van der Waals surface area contributed by atoms with Gasteiger partial charge in [0.2, 0.25) is 5.91 Å². The molecule has 0 bridgehead atoms. The molecule has 0 aromatic carbocycles. The van der Waals surface area contributed by atoms with E-state index in [4.69, 9.17) is 10.8 Å². The Bertz CT molecular complexity index is 420. The third kappa shape index (κ3) is 1.74. The van der Waals surface area contributed by atoms with Gasteiger partial charge in [0.15, 0.2) is 5.82 Å². The van der Waals surface area contributed by atoms with Gasteiger partial charge in [-0.15, -0.1) is 0 Å². The minimum Gasteiger partial charge on any atom is -0.396 e. The van der Waals surface area contributed by atoms with Crippen molar-refractivity contribution in [1.29, 1.82) is 0 Å². The fourth-order valence-electron chi connectivity index (χ4n) is 1.88. The average molecular weight is 221 g/mol. The van der Waals surface area contributed by atoms with Gasteiger partial charge in [0.1, 0.15) is 0 Å². The molecule has 86 valence electrons. The van der Waals surface area contributed by atoms with Crippen LogP contribution in [0.3, 0.4) is 0 Å². The topological polar surface area (TPSA) is 79.5 Å². The van der Waals surface area contributed by atoms with Crippen molar-refractivity contribution in [3.05, 3.63) is 17.8 Å². The molecule has 1 aromatic rings. The summed E-state index contributed by atoms with van der Waals surface area (Å²) >= 11 is 0. The van der Waals surface area contributed by atoms with Crippen molar-refractivity contribution in [3.8, 4) is 0 Å². The number of anilines is 2. The number of rotatable bonds is 2. The molecule has 0 saturated carbocycles. The lowest BCUT2D eigenvalue weighted by Gasteiger charge is -2.18. The number of hydrogen-bond acceptors (Lipinski definition) is 4. The first kappa shape index (κ1) is 10.9. The van der Waals surface area contributed by atoms with E-state index in [2.05, 4.69) is 4.98 Å². The van der Waals surface area contributed by atoms with Crippen LogP contribution in [0, 0.1) is 12.8 Å². The molecule has 1 atom stereocenters. The van der Waals surface area contributed by atoms with Crippen molar-refractivity contribution < 1.29 is 9.90 Å². The fourth-order valence-corrected chi connectivity index (χ4v) is 1.88. The second-order valence-corrected chi connectivity index (χ2v) is 4.12. The predicted molar refractivity (Wildman–Crippen MR) is 60.9 cm³/mol. The number of nitrogen functional groups attached to an aromatic ring is 1. The molecule has 5 heteroatoms. The van der Waals surface area contributed by atoms with Gasteiger partial charge in [0, 0.05) is 31.7 Å². The summed E-state index contributed by atoms with van der Waals surface area (Å²) in [7, 11) is 0. The molecule has 1 aliphatic heterocycles. The molecule has 3 N–H and O–H groups in total. The van der Waals surface area contributed by atoms with Crippen LogP contribution >= 0.6 is 0 Å². The smallest absolute Gasteiger partial charge is 0.228 e. The number of aryl methyl sites for hydroxylation is 1. The van der Waals surface area contributed by atoms with E-state index in [1.807, 2.05) is 13.0 Å². The van der Waals surface area contributed by atoms with E-state index in [-0.39, 0.29) is 18.4 Å². The van der Waals surface area contributed by atoms with Crippen LogP contribution in [0.2, 0.25) is 0 Å². The molecule has 1 aliphatic rings. The zero-order chi connectivity index (χ0) is 11.7. The highest BCUT2D eigenvalue weighted by atomic mass is 16.3. The van der Waals surface area contributed by atoms with E-state index >= 15 is 0 Å². The Labute approximate surface area is 93.9 Å². The Morgan fingerprint density at radius 3 is 3.06 bits per heavy atom. The maximum absolute atomic E-state index is 11.7. The normalized spacial score (nSPS) is 20.5. The van der Waals surface area contributed by atoms with E-state index in [1.54, 1.807) is 11.1 Å². The van der Waals surface area contributed by atoms with Crippen LogP contribution in [-0.4, -0.2) is 29.1 Å². The lowest BCUT2D eigenvalue weighted by molar-refractivity contribution is -0.117. The quantitative estimate of drug-likeness (QED) is 0.753. The Morgan fingerprint density at radius 1 is 1.69 bits per heavy atom. The number of aliphatic hydroxyl groups excluding tert-OH is 1. The minimum atomic E-state index is -0.0242. The van der Waals surface area contributed by atoms with Gasteiger partial charge in [0.25, 0.3) is 0 Å². The summed E-state index contributed by atoms with van der Waals surface area (Å²) in [4.78, 5) is 17.4. The summed E-state index contributed by atoms with van der Waals surface area (Å²) in [6, 6.07) is 1.81. The Balaban J connectivity index is 2.31. The fraction of sp³-hybridized carbons (Fsp3) is 0.455. The highest BCUT2D eigenvalue weighted by molar-refractivity contribution is 5.97. The van der Waals surface area contributed by atoms with Crippen molar-refractivity contribution >= 4 is 17.4 Å². The molecular formula is C11H15N3O2. The van der Waals surface area contributed by atoms with E-state index in [1.165, 1.54) is 0 Å². The zero-order valence-electron chi connectivity index (χ0n) is 9.18. The van der Waals surface area contributed by atoms with Gasteiger partial charge in [-0.25, -0.2) is 4.98 Å². The minimum absolute atomic E-state index is 0.00536. The number of nitrogens with two attached hydrogens (primary N) is 1. The molecule has 2 heterocycles. The molecule has 16 heavy (non-hydrogen) atoms. The maximum Gasteiger partial charge on any atom is 0.228 e. The molecule has 0 aliphatic carbocycles. The Hall–Kier alpha value is -1.62. The van der Waals surface area contributed by atoms with Crippen LogP contribution in [-0.2, 0) is 4.79 Å². The number of hydrogen-bond donors (Lipinski definition) is 2. The Kier molecular flexibility index (Phi) is 2.78. The van der Waals surface area contributed by atoms with Crippen molar-refractivity contribution in [3.63, 3.8) is 0 Å². The van der Waals surface area contributed by atoms with Gasteiger partial charge >= 0.3 is 0 Å². The predicted octanol–water partition coefficient (Wildman–Crippen LogP) is 0.317. The first-order valence-electron chi connectivity index (χ1n) is 5.25. The Morgan fingerprint density at radius 2 is 2.44 bits per heavy atom. The van der Waals surface area contributed by atoms with E-state index in [0.29, 0.717) is 24.5 Å². The lowest BCUT2D eigenvalue weighted by Crippen LogP contribution is -2.27. The van der Waals surface area contributed by atoms with E-state index in [0.717, 1.165) is 5.56 Å². The van der Waals surface area contributed by atoms with Gasteiger partial charge < -0.3 is 10.8 Å². The van der Waals surface area contributed by atoms with Crippen LogP contribution in [0.4, 0.5) is 11.5 Å². The molecular weight excluding hydrogens is 206 g/mol. The maximum atomic E-state index is 11.7. The summed E-state index contributed by atoms with van der Waals surface area (Å²) in [5.74, 6) is 0.485. The summed E-state index contributed by atoms with van der Waals surface area (Å²) in [5.41, 5.74) is 7.34. The lowest BCUT2D eigenvalue weighted by atomic mass is 10.1. The van der Waals surface area contributed by atoms with Gasteiger partial charge in [-0.05, 0) is 18.6 Å². The number of carbonyl (C=O) groups is 1. The van der Waals surface area contributed by atoms with Gasteiger partial charge in [-0.2, -0.15) is 0 Å². The van der Waals surface area contributed by atoms with Crippen molar-refractivity contribution in [1.82, 2.24) is 4.98 Å². The van der Waals surface area contributed by atoms with Crippen LogP contribution in [0.1, 0.15) is 12.0 Å². The second-order valence-electron chi connectivity index (χ2n) is 4.12. The van der Waals surface area contributed by atoms with Crippen molar-refractivity contribution in [2.75, 3.05) is 23.8 Å². The molecule has 1 saturated heterocycles. The first-order valence-corrected chi connectivity index (χ1v) is 5.25. The molecule has 0 radical (unpaired) electrons. The number of nitrogens with zero attached hydrogens (tertiary/aromatic N) is 2. The SMILES string of the molecule is Cc1ccnc(N2CC(CO)CC2=O)c1N.